The maximum Gasteiger partial charge on any atom is 0.324 e. The number of anilines is 2. The van der Waals surface area contributed by atoms with Crippen molar-refractivity contribution in [3.8, 4) is 5.82 Å². The van der Waals surface area contributed by atoms with Crippen molar-refractivity contribution in [1.82, 2.24) is 19.7 Å². The van der Waals surface area contributed by atoms with E-state index in [1.165, 1.54) is 30.6 Å². The lowest BCUT2D eigenvalue weighted by atomic mass is 10.3. The molecule has 0 spiro atoms. The van der Waals surface area contributed by atoms with Crippen LogP contribution in [-0.2, 0) is 0 Å². The molecule has 8 heteroatoms. The van der Waals surface area contributed by atoms with Crippen LogP contribution in [0.5, 0.6) is 0 Å². The molecule has 0 saturated carbocycles. The number of nitrogens with one attached hydrogen (secondary N) is 2. The molecule has 0 aliphatic heterocycles. The van der Waals surface area contributed by atoms with Gasteiger partial charge in [0.2, 0.25) is 0 Å². The summed E-state index contributed by atoms with van der Waals surface area (Å²) in [4.78, 5) is 19.9. The predicted molar refractivity (Wildman–Crippen MR) is 78.2 cm³/mol. The molecule has 0 saturated heterocycles. The van der Waals surface area contributed by atoms with E-state index in [4.69, 9.17) is 0 Å². The largest absolute Gasteiger partial charge is 0.324 e. The monoisotopic (exact) mass is 298 g/mol. The summed E-state index contributed by atoms with van der Waals surface area (Å²) in [6.45, 7) is 0. The Labute approximate surface area is 124 Å². The van der Waals surface area contributed by atoms with Crippen LogP contribution in [-0.4, -0.2) is 25.8 Å². The fourth-order valence-corrected chi connectivity index (χ4v) is 1.76. The zero-order valence-corrected chi connectivity index (χ0v) is 11.3. The number of halogens is 1. The summed E-state index contributed by atoms with van der Waals surface area (Å²) < 4.78 is 14.3. The number of amides is 2. The summed E-state index contributed by atoms with van der Waals surface area (Å²) in [7, 11) is 0. The summed E-state index contributed by atoms with van der Waals surface area (Å²) in [5, 5.41) is 9.19. The van der Waals surface area contributed by atoms with Crippen molar-refractivity contribution in [3.05, 3.63) is 60.9 Å². The van der Waals surface area contributed by atoms with Crippen LogP contribution in [0, 0.1) is 5.82 Å². The lowest BCUT2D eigenvalue weighted by Gasteiger charge is -2.07. The van der Waals surface area contributed by atoms with Gasteiger partial charge in [0, 0.05) is 24.1 Å². The Morgan fingerprint density at radius 1 is 1.14 bits per heavy atom. The van der Waals surface area contributed by atoms with Crippen molar-refractivity contribution in [2.75, 3.05) is 10.6 Å². The molecule has 0 bridgehead atoms. The smallest absolute Gasteiger partial charge is 0.308 e. The molecule has 3 rings (SSSR count). The molecule has 2 aromatic heterocycles. The highest BCUT2D eigenvalue weighted by Crippen LogP contribution is 2.11. The van der Waals surface area contributed by atoms with Gasteiger partial charge in [-0.3, -0.25) is 5.32 Å². The van der Waals surface area contributed by atoms with Gasteiger partial charge in [-0.15, -0.1) is 0 Å². The third-order valence-electron chi connectivity index (χ3n) is 2.74. The molecule has 0 unspecified atom stereocenters. The van der Waals surface area contributed by atoms with E-state index >= 15 is 0 Å². The minimum atomic E-state index is -0.489. The number of rotatable bonds is 3. The number of nitrogens with zero attached hydrogens (tertiary/aromatic N) is 4. The first-order valence-electron chi connectivity index (χ1n) is 6.36. The fraction of sp³-hybridized carbons (Fsp3) is 0. The van der Waals surface area contributed by atoms with Gasteiger partial charge >= 0.3 is 6.03 Å². The second kappa shape index (κ2) is 6.00. The van der Waals surface area contributed by atoms with E-state index in [1.807, 2.05) is 0 Å². The van der Waals surface area contributed by atoms with E-state index in [2.05, 4.69) is 25.7 Å². The van der Waals surface area contributed by atoms with Crippen LogP contribution in [0.25, 0.3) is 5.82 Å². The molecular formula is C14H11FN6O. The maximum absolute atomic E-state index is 12.8. The lowest BCUT2D eigenvalue weighted by molar-refractivity contribution is 0.262. The molecule has 1 aromatic carbocycles. The standard InChI is InChI=1S/C14H11FN6O/c15-10-2-4-11(5-3-10)19-14(22)20-12-8-13(17-9-16-12)21-7-1-6-18-21/h1-9H,(H2,16,17,19,20,22). The van der Waals surface area contributed by atoms with Crippen molar-refractivity contribution >= 4 is 17.5 Å². The Morgan fingerprint density at radius 3 is 2.68 bits per heavy atom. The van der Waals surface area contributed by atoms with E-state index in [9.17, 15) is 9.18 Å². The minimum Gasteiger partial charge on any atom is -0.308 e. The van der Waals surface area contributed by atoms with Gasteiger partial charge in [0.05, 0.1) is 0 Å². The highest BCUT2D eigenvalue weighted by Gasteiger charge is 2.06. The summed E-state index contributed by atoms with van der Waals surface area (Å²) in [5.74, 6) is 0.475. The molecule has 3 aromatic rings. The molecule has 110 valence electrons. The Balaban J connectivity index is 1.69. The number of urea groups is 1. The van der Waals surface area contributed by atoms with Crippen LogP contribution in [0.1, 0.15) is 0 Å². The van der Waals surface area contributed by atoms with E-state index in [0.29, 0.717) is 17.3 Å². The van der Waals surface area contributed by atoms with Crippen molar-refractivity contribution in [2.24, 2.45) is 0 Å². The molecule has 2 N–H and O–H groups in total. The van der Waals surface area contributed by atoms with Crippen molar-refractivity contribution in [3.63, 3.8) is 0 Å². The number of hydrogen-bond acceptors (Lipinski definition) is 4. The van der Waals surface area contributed by atoms with Gasteiger partial charge in [-0.05, 0) is 30.3 Å². The lowest BCUT2D eigenvalue weighted by Crippen LogP contribution is -2.20. The first-order valence-corrected chi connectivity index (χ1v) is 6.36. The fourth-order valence-electron chi connectivity index (χ4n) is 1.76. The van der Waals surface area contributed by atoms with Crippen LogP contribution >= 0.6 is 0 Å². The molecule has 0 aliphatic rings. The number of benzene rings is 1. The molecule has 0 radical (unpaired) electrons. The topological polar surface area (TPSA) is 84.7 Å². The van der Waals surface area contributed by atoms with Crippen LogP contribution in [0.15, 0.2) is 55.1 Å². The van der Waals surface area contributed by atoms with Gasteiger partial charge in [-0.1, -0.05) is 0 Å². The zero-order valence-electron chi connectivity index (χ0n) is 11.3. The van der Waals surface area contributed by atoms with Gasteiger partial charge in [-0.25, -0.2) is 23.8 Å². The first-order chi connectivity index (χ1) is 10.7. The van der Waals surface area contributed by atoms with Gasteiger partial charge in [0.15, 0.2) is 5.82 Å². The number of aromatic nitrogens is 4. The summed E-state index contributed by atoms with van der Waals surface area (Å²) in [6, 6.07) is 8.30. The highest BCUT2D eigenvalue weighted by atomic mass is 19.1. The summed E-state index contributed by atoms with van der Waals surface area (Å²) in [6.07, 6.45) is 4.67. The number of hydrogen-bond donors (Lipinski definition) is 2. The quantitative estimate of drug-likeness (QED) is 0.777. The van der Waals surface area contributed by atoms with E-state index < -0.39 is 6.03 Å². The minimum absolute atomic E-state index is 0.320. The molecule has 0 aliphatic carbocycles. The summed E-state index contributed by atoms with van der Waals surface area (Å²) in [5.41, 5.74) is 0.472. The highest BCUT2D eigenvalue weighted by molar-refractivity contribution is 5.99. The Morgan fingerprint density at radius 2 is 1.95 bits per heavy atom. The van der Waals surface area contributed by atoms with Crippen LogP contribution in [0.4, 0.5) is 20.7 Å². The molecule has 0 fully saturated rings. The third-order valence-corrected chi connectivity index (χ3v) is 2.74. The van der Waals surface area contributed by atoms with Crippen LogP contribution in [0.2, 0.25) is 0 Å². The average molecular weight is 298 g/mol. The van der Waals surface area contributed by atoms with Crippen molar-refractivity contribution in [2.45, 2.75) is 0 Å². The SMILES string of the molecule is O=C(Nc1ccc(F)cc1)Nc1cc(-n2cccn2)ncn1. The molecular weight excluding hydrogens is 287 g/mol. The maximum atomic E-state index is 12.8. The second-order valence-corrected chi connectivity index (χ2v) is 4.30. The number of carbonyl (C=O) groups is 1. The third kappa shape index (κ3) is 3.23. The van der Waals surface area contributed by atoms with Gasteiger partial charge < -0.3 is 5.32 Å². The van der Waals surface area contributed by atoms with E-state index in [1.54, 1.807) is 29.2 Å². The van der Waals surface area contributed by atoms with Crippen molar-refractivity contribution in [1.29, 1.82) is 0 Å². The Kier molecular flexibility index (Phi) is 3.73. The van der Waals surface area contributed by atoms with Crippen LogP contribution < -0.4 is 10.6 Å². The van der Waals surface area contributed by atoms with Gasteiger partial charge in [-0.2, -0.15) is 5.10 Å². The Bertz CT molecular complexity index is 772. The number of carbonyl (C=O) groups excluding carboxylic acids is 1. The molecule has 22 heavy (non-hydrogen) atoms. The van der Waals surface area contributed by atoms with E-state index in [0.717, 1.165) is 0 Å². The zero-order chi connectivity index (χ0) is 15.4. The average Bonchev–Trinajstić information content (AvgIpc) is 3.04. The summed E-state index contributed by atoms with van der Waals surface area (Å²) >= 11 is 0. The second-order valence-electron chi connectivity index (χ2n) is 4.30. The van der Waals surface area contributed by atoms with Crippen LogP contribution in [0.3, 0.4) is 0 Å². The molecule has 2 amide bonds. The van der Waals surface area contributed by atoms with Crippen molar-refractivity contribution < 1.29 is 9.18 Å². The normalized spacial score (nSPS) is 10.2. The molecule has 2 heterocycles. The predicted octanol–water partition coefficient (Wildman–Crippen LogP) is 2.45. The van der Waals surface area contributed by atoms with Gasteiger partial charge in [0.25, 0.3) is 0 Å². The Hall–Kier alpha value is -3.29. The molecule has 0 atom stereocenters. The first kappa shape index (κ1) is 13.7. The van der Waals surface area contributed by atoms with Gasteiger partial charge in [0.1, 0.15) is 18.0 Å². The van der Waals surface area contributed by atoms with E-state index in [-0.39, 0.29) is 5.82 Å². The molecule has 7 nitrogen and oxygen atoms in total.